The number of halogens is 2. The maximum absolute atomic E-state index is 12.2. The molecule has 1 atom stereocenters. The monoisotopic (exact) mass is 395 g/mol. The van der Waals surface area contributed by atoms with Gasteiger partial charge in [-0.3, -0.25) is 4.79 Å². The van der Waals surface area contributed by atoms with Crippen LogP contribution in [0.15, 0.2) is 9.85 Å². The SMILES string of the molecule is Cc1cc(C(=O)NC(CCBr)C(C)(C)C)sc1Br. The summed E-state index contributed by atoms with van der Waals surface area (Å²) in [5.74, 6) is 0.0228. The lowest BCUT2D eigenvalue weighted by Gasteiger charge is -2.31. The van der Waals surface area contributed by atoms with Gasteiger partial charge < -0.3 is 5.32 Å². The van der Waals surface area contributed by atoms with E-state index in [9.17, 15) is 4.79 Å². The Balaban J connectivity index is 2.78. The van der Waals surface area contributed by atoms with E-state index < -0.39 is 0 Å². The Hall–Kier alpha value is 0.130. The van der Waals surface area contributed by atoms with Crippen LogP contribution in [0.25, 0.3) is 0 Å². The van der Waals surface area contributed by atoms with E-state index in [-0.39, 0.29) is 17.4 Å². The van der Waals surface area contributed by atoms with Gasteiger partial charge in [0.15, 0.2) is 0 Å². The molecule has 1 unspecified atom stereocenters. The van der Waals surface area contributed by atoms with Crippen LogP contribution in [0.2, 0.25) is 0 Å². The molecule has 2 nitrogen and oxygen atoms in total. The molecule has 1 heterocycles. The first-order chi connectivity index (χ1) is 8.25. The summed E-state index contributed by atoms with van der Waals surface area (Å²) >= 11 is 8.39. The molecule has 0 aliphatic carbocycles. The summed E-state index contributed by atoms with van der Waals surface area (Å²) in [6.07, 6.45) is 0.931. The largest absolute Gasteiger partial charge is 0.348 e. The van der Waals surface area contributed by atoms with E-state index >= 15 is 0 Å². The van der Waals surface area contributed by atoms with Crippen molar-refractivity contribution >= 4 is 49.1 Å². The van der Waals surface area contributed by atoms with E-state index in [0.717, 1.165) is 26.0 Å². The molecule has 0 radical (unpaired) electrons. The highest BCUT2D eigenvalue weighted by Crippen LogP contribution is 2.28. The molecule has 1 amide bonds. The number of carbonyl (C=O) groups excluding carboxylic acids is 1. The van der Waals surface area contributed by atoms with Crippen LogP contribution < -0.4 is 5.32 Å². The molecular weight excluding hydrogens is 378 g/mol. The van der Waals surface area contributed by atoms with Gasteiger partial charge in [0.05, 0.1) is 8.66 Å². The number of nitrogens with one attached hydrogen (secondary N) is 1. The maximum atomic E-state index is 12.2. The first-order valence-corrected chi connectivity index (χ1v) is 8.61. The minimum absolute atomic E-state index is 0.0228. The van der Waals surface area contributed by atoms with Gasteiger partial charge in [-0.1, -0.05) is 36.7 Å². The van der Waals surface area contributed by atoms with Crippen molar-refractivity contribution in [1.82, 2.24) is 5.32 Å². The highest BCUT2D eigenvalue weighted by Gasteiger charge is 2.26. The number of rotatable bonds is 4. The number of amides is 1. The summed E-state index contributed by atoms with van der Waals surface area (Å²) in [5, 5.41) is 4.03. The Kier molecular flexibility index (Phi) is 5.87. The highest BCUT2D eigenvalue weighted by atomic mass is 79.9. The zero-order chi connectivity index (χ0) is 13.9. The number of aryl methyl sites for hydroxylation is 1. The molecule has 0 bridgehead atoms. The zero-order valence-electron chi connectivity index (χ0n) is 11.1. The first-order valence-electron chi connectivity index (χ1n) is 5.88. The molecule has 0 aliphatic heterocycles. The Morgan fingerprint density at radius 3 is 2.50 bits per heavy atom. The minimum atomic E-state index is 0.0228. The second kappa shape index (κ2) is 6.53. The average molecular weight is 397 g/mol. The van der Waals surface area contributed by atoms with Crippen molar-refractivity contribution in [3.63, 3.8) is 0 Å². The zero-order valence-corrected chi connectivity index (χ0v) is 15.1. The van der Waals surface area contributed by atoms with E-state index in [0.29, 0.717) is 0 Å². The molecule has 102 valence electrons. The Labute approximate surface area is 130 Å². The molecule has 0 saturated carbocycles. The lowest BCUT2D eigenvalue weighted by Crippen LogP contribution is -2.43. The molecule has 1 aromatic rings. The average Bonchev–Trinajstić information content (AvgIpc) is 2.57. The van der Waals surface area contributed by atoms with Gasteiger partial charge >= 0.3 is 0 Å². The molecular formula is C13H19Br2NOS. The topological polar surface area (TPSA) is 29.1 Å². The van der Waals surface area contributed by atoms with Crippen LogP contribution in [0, 0.1) is 12.3 Å². The summed E-state index contributed by atoms with van der Waals surface area (Å²) in [4.78, 5) is 13.0. The molecule has 0 aliphatic rings. The predicted molar refractivity (Wildman–Crippen MR) is 85.9 cm³/mol. The first kappa shape index (κ1) is 16.2. The Morgan fingerprint density at radius 2 is 2.11 bits per heavy atom. The third-order valence-corrected chi connectivity index (χ3v) is 5.42. The van der Waals surface area contributed by atoms with Crippen molar-refractivity contribution in [1.29, 1.82) is 0 Å². The lowest BCUT2D eigenvalue weighted by atomic mass is 9.85. The number of hydrogen-bond acceptors (Lipinski definition) is 2. The van der Waals surface area contributed by atoms with Crippen molar-refractivity contribution in [2.24, 2.45) is 5.41 Å². The van der Waals surface area contributed by atoms with E-state index in [1.807, 2.05) is 13.0 Å². The maximum Gasteiger partial charge on any atom is 0.261 e. The van der Waals surface area contributed by atoms with Crippen molar-refractivity contribution in [3.8, 4) is 0 Å². The van der Waals surface area contributed by atoms with Crippen LogP contribution in [0.4, 0.5) is 0 Å². The third-order valence-electron chi connectivity index (χ3n) is 2.83. The highest BCUT2D eigenvalue weighted by molar-refractivity contribution is 9.11. The minimum Gasteiger partial charge on any atom is -0.348 e. The van der Waals surface area contributed by atoms with Crippen LogP contribution >= 0.6 is 43.2 Å². The normalized spacial score (nSPS) is 13.4. The van der Waals surface area contributed by atoms with Crippen LogP contribution in [0.5, 0.6) is 0 Å². The Bertz CT molecular complexity index is 404. The second-order valence-corrected chi connectivity index (χ2v) is 8.60. The van der Waals surface area contributed by atoms with Gasteiger partial charge in [-0.2, -0.15) is 0 Å². The molecule has 1 aromatic heterocycles. The van der Waals surface area contributed by atoms with Crippen LogP contribution in [0.3, 0.4) is 0 Å². The van der Waals surface area contributed by atoms with Crippen molar-refractivity contribution in [2.75, 3.05) is 5.33 Å². The third kappa shape index (κ3) is 4.35. The van der Waals surface area contributed by atoms with E-state index in [4.69, 9.17) is 0 Å². The second-order valence-electron chi connectivity index (χ2n) is 5.44. The van der Waals surface area contributed by atoms with E-state index in [1.54, 1.807) is 0 Å². The van der Waals surface area contributed by atoms with Gasteiger partial charge in [0.2, 0.25) is 0 Å². The smallest absolute Gasteiger partial charge is 0.261 e. The van der Waals surface area contributed by atoms with Crippen molar-refractivity contribution < 1.29 is 4.79 Å². The molecule has 1 rings (SSSR count). The fourth-order valence-corrected chi connectivity index (χ4v) is 3.53. The molecule has 18 heavy (non-hydrogen) atoms. The van der Waals surface area contributed by atoms with E-state index in [1.165, 1.54) is 11.3 Å². The standard InChI is InChI=1S/C13H19Br2NOS/c1-8-7-9(18-11(8)15)12(17)16-10(5-6-14)13(2,3)4/h7,10H,5-6H2,1-4H3,(H,16,17). The fraction of sp³-hybridized carbons (Fsp3) is 0.615. The number of hydrogen-bond donors (Lipinski definition) is 1. The van der Waals surface area contributed by atoms with E-state index in [2.05, 4.69) is 57.9 Å². The van der Waals surface area contributed by atoms with Gasteiger partial charge in [-0.05, 0) is 46.3 Å². The molecule has 0 aromatic carbocycles. The Morgan fingerprint density at radius 1 is 1.50 bits per heavy atom. The summed E-state index contributed by atoms with van der Waals surface area (Å²) in [6.45, 7) is 8.44. The number of alkyl halides is 1. The van der Waals surface area contributed by atoms with Crippen molar-refractivity contribution in [2.45, 2.75) is 40.2 Å². The number of thiophene rings is 1. The number of carbonyl (C=O) groups is 1. The van der Waals surface area contributed by atoms with Gasteiger partial charge in [-0.25, -0.2) is 0 Å². The quantitative estimate of drug-likeness (QED) is 0.731. The summed E-state index contributed by atoms with van der Waals surface area (Å²) in [6, 6.07) is 2.10. The molecule has 0 spiro atoms. The van der Waals surface area contributed by atoms with Gasteiger partial charge in [0, 0.05) is 11.4 Å². The van der Waals surface area contributed by atoms with Crippen molar-refractivity contribution in [3.05, 3.63) is 20.3 Å². The fourth-order valence-electron chi connectivity index (χ4n) is 1.63. The molecule has 0 fully saturated rings. The van der Waals surface area contributed by atoms with Gasteiger partial charge in [0.25, 0.3) is 5.91 Å². The van der Waals surface area contributed by atoms with Crippen LogP contribution in [0.1, 0.15) is 42.4 Å². The molecule has 1 N–H and O–H groups in total. The summed E-state index contributed by atoms with van der Waals surface area (Å²) in [5.41, 5.74) is 1.17. The van der Waals surface area contributed by atoms with Crippen LogP contribution in [-0.4, -0.2) is 17.3 Å². The van der Waals surface area contributed by atoms with Gasteiger partial charge in [0.1, 0.15) is 0 Å². The lowest BCUT2D eigenvalue weighted by molar-refractivity contribution is 0.0905. The summed E-state index contributed by atoms with van der Waals surface area (Å²) < 4.78 is 1.03. The van der Waals surface area contributed by atoms with Crippen LogP contribution in [-0.2, 0) is 0 Å². The molecule has 5 heteroatoms. The molecule has 0 saturated heterocycles. The predicted octanol–water partition coefficient (Wildman–Crippen LogP) is 4.75. The van der Waals surface area contributed by atoms with Gasteiger partial charge in [-0.15, -0.1) is 11.3 Å². The summed E-state index contributed by atoms with van der Waals surface area (Å²) in [7, 11) is 0.